The molecule has 0 aromatic heterocycles. The molecule has 0 fully saturated rings. The maximum Gasteiger partial charge on any atom is 0.0721 e. The summed E-state index contributed by atoms with van der Waals surface area (Å²) in [4.78, 5) is 0. The maximum atomic E-state index is 5.58. The van der Waals surface area contributed by atoms with Gasteiger partial charge in [0.05, 0.1) is 12.7 Å². The first-order valence-electron chi connectivity index (χ1n) is 6.02. The Kier molecular flexibility index (Phi) is 5.33. The molecule has 1 N–H and O–H groups in total. The Morgan fingerprint density at radius 2 is 1.94 bits per heavy atom. The van der Waals surface area contributed by atoms with Gasteiger partial charge in [-0.25, -0.2) is 0 Å². The molecule has 0 bridgehead atoms. The third-order valence-corrected chi connectivity index (χ3v) is 2.22. The number of hydrogen-bond acceptors (Lipinski definition) is 2. The Hall–Kier alpha value is -1.02. The fourth-order valence-corrected chi connectivity index (χ4v) is 1.36. The molecule has 2 nitrogen and oxygen atoms in total. The Bertz CT molecular complexity index is 280. The molecule has 0 unspecified atom stereocenters. The summed E-state index contributed by atoms with van der Waals surface area (Å²) in [6, 6.07) is 8.43. The van der Waals surface area contributed by atoms with Gasteiger partial charge in [0.2, 0.25) is 0 Å². The van der Waals surface area contributed by atoms with Crippen molar-refractivity contribution in [2.45, 2.75) is 40.4 Å². The smallest absolute Gasteiger partial charge is 0.0721 e. The largest absolute Gasteiger partial charge is 0.385 e. The van der Waals surface area contributed by atoms with Gasteiger partial charge in [0.15, 0.2) is 0 Å². The van der Waals surface area contributed by atoms with Gasteiger partial charge in [-0.3, -0.25) is 0 Å². The van der Waals surface area contributed by atoms with Crippen LogP contribution in [0, 0.1) is 5.92 Å². The average Bonchev–Trinajstić information content (AvgIpc) is 2.24. The quantitative estimate of drug-likeness (QED) is 0.791. The first kappa shape index (κ1) is 13.0. The van der Waals surface area contributed by atoms with Crippen LogP contribution in [0.1, 0.15) is 33.3 Å². The van der Waals surface area contributed by atoms with Gasteiger partial charge >= 0.3 is 0 Å². The van der Waals surface area contributed by atoms with Crippen LogP contribution >= 0.6 is 0 Å². The van der Waals surface area contributed by atoms with Crippen molar-refractivity contribution >= 4 is 5.69 Å². The minimum Gasteiger partial charge on any atom is -0.385 e. The predicted octanol–water partition coefficient (Wildman–Crippen LogP) is 3.68. The van der Waals surface area contributed by atoms with Gasteiger partial charge in [-0.15, -0.1) is 0 Å². The van der Waals surface area contributed by atoms with Crippen LogP contribution in [0.4, 0.5) is 5.69 Å². The van der Waals surface area contributed by atoms with Gasteiger partial charge in [0, 0.05) is 12.2 Å². The third kappa shape index (κ3) is 5.17. The van der Waals surface area contributed by atoms with E-state index >= 15 is 0 Å². The Morgan fingerprint density at radius 1 is 1.19 bits per heavy atom. The summed E-state index contributed by atoms with van der Waals surface area (Å²) in [5.74, 6) is 0.663. The third-order valence-electron chi connectivity index (χ3n) is 2.22. The van der Waals surface area contributed by atoms with Gasteiger partial charge in [0.1, 0.15) is 0 Å². The van der Waals surface area contributed by atoms with Crippen LogP contribution in [0.25, 0.3) is 0 Å². The molecule has 2 heteroatoms. The molecule has 0 heterocycles. The summed E-state index contributed by atoms with van der Waals surface area (Å²) in [6.07, 6.45) is 0.285. The SMILES string of the molecule is CC(C)CNc1cccc(COC(C)C)c1. The summed E-state index contributed by atoms with van der Waals surface area (Å²) < 4.78 is 5.58. The predicted molar refractivity (Wildman–Crippen MR) is 69.7 cm³/mol. The number of anilines is 1. The molecule has 1 rings (SSSR count). The van der Waals surface area contributed by atoms with Crippen molar-refractivity contribution < 1.29 is 4.74 Å². The molecule has 16 heavy (non-hydrogen) atoms. The number of hydrogen-bond donors (Lipinski definition) is 1. The van der Waals surface area contributed by atoms with Crippen LogP contribution in [0.3, 0.4) is 0 Å². The van der Waals surface area contributed by atoms with Crippen LogP contribution < -0.4 is 5.32 Å². The summed E-state index contributed by atoms with van der Waals surface area (Å²) in [6.45, 7) is 10.2. The highest BCUT2D eigenvalue weighted by molar-refractivity contribution is 5.45. The molecule has 1 aromatic carbocycles. The molecule has 0 radical (unpaired) electrons. The van der Waals surface area contributed by atoms with E-state index in [9.17, 15) is 0 Å². The second kappa shape index (κ2) is 6.54. The van der Waals surface area contributed by atoms with Gasteiger partial charge in [-0.1, -0.05) is 26.0 Å². The molecule has 90 valence electrons. The molecular weight excluding hydrogens is 198 g/mol. The molecular formula is C14H23NO. The van der Waals surface area contributed by atoms with E-state index in [1.807, 2.05) is 0 Å². The van der Waals surface area contributed by atoms with Gasteiger partial charge in [-0.05, 0) is 37.5 Å². The van der Waals surface area contributed by atoms with Crippen LogP contribution in [0.15, 0.2) is 24.3 Å². The van der Waals surface area contributed by atoms with E-state index < -0.39 is 0 Å². The van der Waals surface area contributed by atoms with E-state index in [4.69, 9.17) is 4.74 Å². The van der Waals surface area contributed by atoms with Crippen LogP contribution in [-0.4, -0.2) is 12.6 Å². The second-order valence-corrected chi connectivity index (χ2v) is 4.83. The van der Waals surface area contributed by atoms with Crippen molar-refractivity contribution in [3.63, 3.8) is 0 Å². The number of rotatable bonds is 6. The van der Waals surface area contributed by atoms with Crippen molar-refractivity contribution in [2.75, 3.05) is 11.9 Å². The zero-order chi connectivity index (χ0) is 12.0. The summed E-state index contributed by atoms with van der Waals surface area (Å²) in [7, 11) is 0. The lowest BCUT2D eigenvalue weighted by atomic mass is 10.2. The fraction of sp³-hybridized carbons (Fsp3) is 0.571. The maximum absolute atomic E-state index is 5.58. The minimum atomic E-state index is 0.285. The Balaban J connectivity index is 2.50. The van der Waals surface area contributed by atoms with Crippen LogP contribution in [0.5, 0.6) is 0 Å². The summed E-state index contributed by atoms with van der Waals surface area (Å²) >= 11 is 0. The summed E-state index contributed by atoms with van der Waals surface area (Å²) in [5, 5.41) is 3.42. The lowest BCUT2D eigenvalue weighted by Gasteiger charge is -2.11. The topological polar surface area (TPSA) is 21.3 Å². The first-order valence-corrected chi connectivity index (χ1v) is 6.02. The Morgan fingerprint density at radius 3 is 2.56 bits per heavy atom. The monoisotopic (exact) mass is 221 g/mol. The lowest BCUT2D eigenvalue weighted by molar-refractivity contribution is 0.0657. The van der Waals surface area contributed by atoms with E-state index in [0.29, 0.717) is 12.5 Å². The zero-order valence-corrected chi connectivity index (χ0v) is 10.8. The number of ether oxygens (including phenoxy) is 1. The normalized spacial score (nSPS) is 11.1. The van der Waals surface area contributed by atoms with Gasteiger partial charge in [-0.2, -0.15) is 0 Å². The van der Waals surface area contributed by atoms with E-state index in [1.54, 1.807) is 0 Å². The molecule has 0 saturated heterocycles. The van der Waals surface area contributed by atoms with E-state index in [0.717, 1.165) is 6.54 Å². The van der Waals surface area contributed by atoms with Crippen LogP contribution in [-0.2, 0) is 11.3 Å². The molecule has 0 aliphatic carbocycles. The second-order valence-electron chi connectivity index (χ2n) is 4.83. The van der Waals surface area contributed by atoms with Crippen molar-refractivity contribution in [3.8, 4) is 0 Å². The highest BCUT2D eigenvalue weighted by atomic mass is 16.5. The minimum absolute atomic E-state index is 0.285. The molecule has 0 aliphatic heterocycles. The van der Waals surface area contributed by atoms with E-state index in [-0.39, 0.29) is 6.10 Å². The van der Waals surface area contributed by atoms with Crippen molar-refractivity contribution in [1.29, 1.82) is 0 Å². The zero-order valence-electron chi connectivity index (χ0n) is 10.8. The number of benzene rings is 1. The van der Waals surface area contributed by atoms with E-state index in [2.05, 4.69) is 57.3 Å². The van der Waals surface area contributed by atoms with Crippen molar-refractivity contribution in [2.24, 2.45) is 5.92 Å². The standard InChI is InChI=1S/C14H23NO/c1-11(2)9-15-14-7-5-6-13(8-14)10-16-12(3)4/h5-8,11-12,15H,9-10H2,1-4H3. The molecule has 0 spiro atoms. The Labute approximate surface area is 99.0 Å². The lowest BCUT2D eigenvalue weighted by Crippen LogP contribution is -2.08. The van der Waals surface area contributed by atoms with E-state index in [1.165, 1.54) is 11.3 Å². The molecule has 0 aliphatic rings. The fourth-order valence-electron chi connectivity index (χ4n) is 1.36. The molecule has 0 atom stereocenters. The van der Waals surface area contributed by atoms with Gasteiger partial charge < -0.3 is 10.1 Å². The molecule has 1 aromatic rings. The highest BCUT2D eigenvalue weighted by Gasteiger charge is 1.99. The van der Waals surface area contributed by atoms with Crippen molar-refractivity contribution in [3.05, 3.63) is 29.8 Å². The highest BCUT2D eigenvalue weighted by Crippen LogP contribution is 2.12. The van der Waals surface area contributed by atoms with Crippen LogP contribution in [0.2, 0.25) is 0 Å². The summed E-state index contributed by atoms with van der Waals surface area (Å²) in [5.41, 5.74) is 2.40. The van der Waals surface area contributed by atoms with Gasteiger partial charge in [0.25, 0.3) is 0 Å². The first-order chi connectivity index (χ1) is 7.58. The molecule has 0 amide bonds. The average molecular weight is 221 g/mol. The number of nitrogens with one attached hydrogen (secondary N) is 1. The van der Waals surface area contributed by atoms with Crippen molar-refractivity contribution in [1.82, 2.24) is 0 Å². The molecule has 0 saturated carbocycles.